The number of carboxylic acids is 1. The van der Waals surface area contributed by atoms with E-state index in [4.69, 9.17) is 0 Å². The number of aliphatic carboxylic acids is 1. The monoisotopic (exact) mass is 279 g/mol. The molecule has 0 aromatic carbocycles. The molecule has 1 aromatic rings. The van der Waals surface area contributed by atoms with E-state index in [9.17, 15) is 14.7 Å². The van der Waals surface area contributed by atoms with Crippen LogP contribution in [0.1, 0.15) is 39.2 Å². The van der Waals surface area contributed by atoms with Crippen LogP contribution in [0.25, 0.3) is 0 Å². The maximum atomic E-state index is 12.4. The number of aromatic nitrogens is 2. The topological polar surface area (TPSA) is 75.4 Å². The predicted molar refractivity (Wildman–Crippen MR) is 73.1 cm³/mol. The standard InChI is InChI=1S/C14H21N3O3/c1-3-5-14(13(19)20)6-9-16(10-14)12(18)11(2)17-8-4-7-15-17/h4,7-8,11H,3,5-6,9-10H2,1-2H3,(H,19,20). The summed E-state index contributed by atoms with van der Waals surface area (Å²) in [7, 11) is 0. The van der Waals surface area contributed by atoms with Gasteiger partial charge in [0, 0.05) is 25.5 Å². The largest absolute Gasteiger partial charge is 0.481 e. The second-order valence-corrected chi connectivity index (χ2v) is 5.51. The lowest BCUT2D eigenvalue weighted by molar-refractivity contribution is -0.149. The lowest BCUT2D eigenvalue weighted by Gasteiger charge is -2.25. The van der Waals surface area contributed by atoms with Gasteiger partial charge in [0.25, 0.3) is 0 Å². The van der Waals surface area contributed by atoms with E-state index in [1.165, 1.54) is 0 Å². The second-order valence-electron chi connectivity index (χ2n) is 5.51. The van der Waals surface area contributed by atoms with Gasteiger partial charge in [0.2, 0.25) is 5.91 Å². The number of amides is 1. The summed E-state index contributed by atoms with van der Waals surface area (Å²) in [4.78, 5) is 25.6. The lowest BCUT2D eigenvalue weighted by Crippen LogP contribution is -2.39. The molecule has 0 saturated carbocycles. The first-order valence-corrected chi connectivity index (χ1v) is 7.01. The molecular weight excluding hydrogens is 258 g/mol. The normalized spacial score (nSPS) is 23.8. The molecule has 1 saturated heterocycles. The highest BCUT2D eigenvalue weighted by molar-refractivity contribution is 5.83. The van der Waals surface area contributed by atoms with Gasteiger partial charge in [0.05, 0.1) is 5.41 Å². The van der Waals surface area contributed by atoms with E-state index in [-0.39, 0.29) is 5.91 Å². The van der Waals surface area contributed by atoms with Crippen molar-refractivity contribution in [2.24, 2.45) is 5.41 Å². The summed E-state index contributed by atoms with van der Waals surface area (Å²) in [6.45, 7) is 4.58. The molecule has 0 bridgehead atoms. The number of nitrogens with zero attached hydrogens (tertiary/aromatic N) is 3. The Morgan fingerprint density at radius 3 is 2.80 bits per heavy atom. The minimum Gasteiger partial charge on any atom is -0.481 e. The maximum Gasteiger partial charge on any atom is 0.311 e. The molecule has 1 aliphatic rings. The van der Waals surface area contributed by atoms with E-state index in [0.29, 0.717) is 25.9 Å². The van der Waals surface area contributed by atoms with E-state index in [0.717, 1.165) is 6.42 Å². The molecule has 1 aliphatic heterocycles. The van der Waals surface area contributed by atoms with Crippen molar-refractivity contribution in [2.45, 2.75) is 39.2 Å². The highest BCUT2D eigenvalue weighted by atomic mass is 16.4. The number of hydrogen-bond acceptors (Lipinski definition) is 3. The third-order valence-electron chi connectivity index (χ3n) is 4.13. The molecule has 2 atom stereocenters. The molecular formula is C14H21N3O3. The molecule has 0 spiro atoms. The quantitative estimate of drug-likeness (QED) is 0.887. The summed E-state index contributed by atoms with van der Waals surface area (Å²) in [5.41, 5.74) is -0.770. The summed E-state index contributed by atoms with van der Waals surface area (Å²) in [5.74, 6) is -0.852. The first-order valence-electron chi connectivity index (χ1n) is 7.01. The van der Waals surface area contributed by atoms with Gasteiger partial charge in [-0.15, -0.1) is 0 Å². The summed E-state index contributed by atoms with van der Waals surface area (Å²) < 4.78 is 1.60. The Morgan fingerprint density at radius 1 is 1.50 bits per heavy atom. The number of likely N-dealkylation sites (tertiary alicyclic amines) is 1. The van der Waals surface area contributed by atoms with Crippen LogP contribution in [0.15, 0.2) is 18.5 Å². The van der Waals surface area contributed by atoms with Crippen LogP contribution in [0.4, 0.5) is 0 Å². The van der Waals surface area contributed by atoms with Crippen molar-refractivity contribution in [2.75, 3.05) is 13.1 Å². The molecule has 0 radical (unpaired) electrons. The number of rotatable bonds is 5. The van der Waals surface area contributed by atoms with Crippen LogP contribution >= 0.6 is 0 Å². The smallest absolute Gasteiger partial charge is 0.311 e. The van der Waals surface area contributed by atoms with Gasteiger partial charge in [-0.1, -0.05) is 13.3 Å². The summed E-state index contributed by atoms with van der Waals surface area (Å²) >= 11 is 0. The van der Waals surface area contributed by atoms with E-state index >= 15 is 0 Å². The fourth-order valence-electron chi connectivity index (χ4n) is 2.91. The zero-order valence-electron chi connectivity index (χ0n) is 12.0. The van der Waals surface area contributed by atoms with Crippen LogP contribution in [0.5, 0.6) is 0 Å². The fraction of sp³-hybridized carbons (Fsp3) is 0.643. The zero-order valence-corrected chi connectivity index (χ0v) is 12.0. The van der Waals surface area contributed by atoms with Crippen molar-refractivity contribution in [3.63, 3.8) is 0 Å². The molecule has 1 fully saturated rings. The predicted octanol–water partition coefficient (Wildman–Crippen LogP) is 1.55. The molecule has 2 unspecified atom stereocenters. The third kappa shape index (κ3) is 2.55. The molecule has 6 heteroatoms. The van der Waals surface area contributed by atoms with Gasteiger partial charge in [-0.25, -0.2) is 0 Å². The first-order chi connectivity index (χ1) is 9.50. The van der Waals surface area contributed by atoms with E-state index in [1.807, 2.05) is 6.92 Å². The van der Waals surface area contributed by atoms with Crippen molar-refractivity contribution >= 4 is 11.9 Å². The Hall–Kier alpha value is -1.85. The van der Waals surface area contributed by atoms with Crippen LogP contribution in [0.2, 0.25) is 0 Å². The Morgan fingerprint density at radius 2 is 2.25 bits per heavy atom. The van der Waals surface area contributed by atoms with Crippen LogP contribution in [0, 0.1) is 5.41 Å². The van der Waals surface area contributed by atoms with Crippen molar-refractivity contribution in [3.05, 3.63) is 18.5 Å². The molecule has 20 heavy (non-hydrogen) atoms. The van der Waals surface area contributed by atoms with Gasteiger partial charge in [-0.2, -0.15) is 5.10 Å². The van der Waals surface area contributed by atoms with Crippen LogP contribution in [0.3, 0.4) is 0 Å². The van der Waals surface area contributed by atoms with Crippen LogP contribution in [-0.2, 0) is 9.59 Å². The molecule has 110 valence electrons. The molecule has 6 nitrogen and oxygen atoms in total. The average Bonchev–Trinajstić information content (AvgIpc) is 3.07. The van der Waals surface area contributed by atoms with E-state index in [2.05, 4.69) is 5.10 Å². The zero-order chi connectivity index (χ0) is 14.8. The first kappa shape index (κ1) is 14.6. The number of carbonyl (C=O) groups is 2. The molecule has 2 heterocycles. The summed E-state index contributed by atoms with van der Waals surface area (Å²) in [5, 5.41) is 13.5. The van der Waals surface area contributed by atoms with Crippen molar-refractivity contribution in [1.29, 1.82) is 0 Å². The van der Waals surface area contributed by atoms with Gasteiger partial charge in [0.1, 0.15) is 6.04 Å². The summed E-state index contributed by atoms with van der Waals surface area (Å²) in [6, 6.07) is 1.38. The molecule has 1 N–H and O–H groups in total. The van der Waals surface area contributed by atoms with Crippen molar-refractivity contribution < 1.29 is 14.7 Å². The molecule has 1 aromatic heterocycles. The lowest BCUT2D eigenvalue weighted by atomic mass is 9.83. The van der Waals surface area contributed by atoms with Crippen molar-refractivity contribution in [3.8, 4) is 0 Å². The maximum absolute atomic E-state index is 12.4. The minimum atomic E-state index is -0.790. The van der Waals surface area contributed by atoms with E-state index in [1.54, 1.807) is 35.0 Å². The molecule has 1 amide bonds. The van der Waals surface area contributed by atoms with Gasteiger partial charge < -0.3 is 10.0 Å². The Labute approximate surface area is 118 Å². The number of carboxylic acid groups (broad SMARTS) is 1. The van der Waals surface area contributed by atoms with E-state index < -0.39 is 17.4 Å². The van der Waals surface area contributed by atoms with Crippen molar-refractivity contribution in [1.82, 2.24) is 14.7 Å². The number of carbonyl (C=O) groups excluding carboxylic acids is 1. The molecule has 0 aliphatic carbocycles. The Kier molecular flexibility index (Phi) is 4.11. The fourth-order valence-corrected chi connectivity index (χ4v) is 2.91. The highest BCUT2D eigenvalue weighted by Crippen LogP contribution is 2.36. The molecule has 2 rings (SSSR count). The SMILES string of the molecule is CCCC1(C(=O)O)CCN(C(=O)C(C)n2cccn2)C1. The van der Waals surface area contributed by atoms with Crippen LogP contribution in [-0.4, -0.2) is 44.8 Å². The second kappa shape index (κ2) is 5.64. The number of hydrogen-bond donors (Lipinski definition) is 1. The van der Waals surface area contributed by atoms with Gasteiger partial charge >= 0.3 is 5.97 Å². The Bertz CT molecular complexity index is 486. The van der Waals surface area contributed by atoms with Crippen LogP contribution < -0.4 is 0 Å². The van der Waals surface area contributed by atoms with Gasteiger partial charge in [-0.05, 0) is 25.8 Å². The minimum absolute atomic E-state index is 0.0621. The third-order valence-corrected chi connectivity index (χ3v) is 4.13. The Balaban J connectivity index is 2.08. The highest BCUT2D eigenvalue weighted by Gasteiger charge is 2.46. The average molecular weight is 279 g/mol. The van der Waals surface area contributed by atoms with Gasteiger partial charge in [0.15, 0.2) is 0 Å². The summed E-state index contributed by atoms with van der Waals surface area (Å²) in [6.07, 6.45) is 5.33. The van der Waals surface area contributed by atoms with Gasteiger partial charge in [-0.3, -0.25) is 14.3 Å².